The van der Waals surface area contributed by atoms with Crippen molar-refractivity contribution in [3.63, 3.8) is 0 Å². The van der Waals surface area contributed by atoms with Gasteiger partial charge in [-0.05, 0) is 101 Å². The summed E-state index contributed by atoms with van der Waals surface area (Å²) in [5.74, 6) is 0. The van der Waals surface area contributed by atoms with Crippen LogP contribution in [0.2, 0.25) is 0 Å². The molecule has 1 nitrogen and oxygen atoms in total. The van der Waals surface area contributed by atoms with Crippen LogP contribution in [-0.2, 0) is 0 Å². The lowest BCUT2D eigenvalue weighted by atomic mass is 10.1. The molecule has 0 saturated heterocycles. The van der Waals surface area contributed by atoms with Crippen LogP contribution in [0.3, 0.4) is 0 Å². The molecule has 0 aliphatic rings. The summed E-state index contributed by atoms with van der Waals surface area (Å²) in [6.45, 7) is 19.4. The highest BCUT2D eigenvalue weighted by molar-refractivity contribution is 5.31. The second-order valence-electron chi connectivity index (χ2n) is 11.4. The van der Waals surface area contributed by atoms with Gasteiger partial charge in [0.25, 0.3) is 0 Å². The molecule has 0 aromatic carbocycles. The van der Waals surface area contributed by atoms with Gasteiger partial charge in [0.05, 0.1) is 6.61 Å². The van der Waals surface area contributed by atoms with Crippen LogP contribution in [0, 0.1) is 0 Å². The minimum Gasteiger partial charge on any atom is -0.392 e. The first-order valence-electron chi connectivity index (χ1n) is 15.1. The topological polar surface area (TPSA) is 20.2 Å². The molecule has 0 fully saturated rings. The van der Waals surface area contributed by atoms with Crippen LogP contribution in [0.4, 0.5) is 0 Å². The van der Waals surface area contributed by atoms with Crippen LogP contribution >= 0.6 is 0 Å². The van der Waals surface area contributed by atoms with Gasteiger partial charge in [0.2, 0.25) is 0 Å². The number of rotatable bonds is 18. The number of allylic oxidation sites excluding steroid dienone is 23. The lowest BCUT2D eigenvalue weighted by Gasteiger charge is -2.01. The van der Waals surface area contributed by atoms with E-state index in [4.69, 9.17) is 5.11 Å². The first kappa shape index (κ1) is 37.8. The smallest absolute Gasteiger partial charge is 0.0639 e. The molecule has 1 N–H and O–H groups in total. The summed E-state index contributed by atoms with van der Waals surface area (Å²) < 4.78 is 0. The fourth-order valence-corrected chi connectivity index (χ4v) is 3.68. The van der Waals surface area contributed by atoms with E-state index in [1.165, 1.54) is 39.0 Å². The van der Waals surface area contributed by atoms with Crippen LogP contribution < -0.4 is 0 Å². The third-order valence-corrected chi connectivity index (χ3v) is 6.43. The second kappa shape index (κ2) is 24.6. The molecule has 0 unspecified atom stereocenters. The van der Waals surface area contributed by atoms with Gasteiger partial charge in [-0.25, -0.2) is 0 Å². The number of hydrogen-bond acceptors (Lipinski definition) is 1. The molecule has 0 aromatic rings. The van der Waals surface area contributed by atoms with Gasteiger partial charge in [-0.3, -0.25) is 0 Å². The predicted molar refractivity (Wildman–Crippen MR) is 187 cm³/mol. The molecule has 1 heteroatoms. The van der Waals surface area contributed by atoms with Gasteiger partial charge in [0.1, 0.15) is 0 Å². The van der Waals surface area contributed by atoms with Gasteiger partial charge in [-0.15, -0.1) is 0 Å². The predicted octanol–water partition coefficient (Wildman–Crippen LogP) is 12.1. The quantitative estimate of drug-likeness (QED) is 0.132. The van der Waals surface area contributed by atoms with E-state index in [1.807, 2.05) is 6.92 Å². The zero-order chi connectivity index (χ0) is 30.9. The summed E-state index contributed by atoms with van der Waals surface area (Å²) in [4.78, 5) is 0. The Balaban J connectivity index is 4.60. The monoisotopic (exact) mass is 554 g/mol. The van der Waals surface area contributed by atoms with Gasteiger partial charge in [0, 0.05) is 0 Å². The summed E-state index contributed by atoms with van der Waals surface area (Å²) in [6.07, 6.45) is 41.1. The molecule has 0 bridgehead atoms. The standard InChI is InChI=1S/C40H58O/c1-33(2)18-12-21-36(5)24-15-27-37(6)25-13-22-34(3)19-10-11-20-35(4)23-14-26-38(7)28-16-29-39(8)30-17-31-40(9)32-41/h10-11,13-15,18-20,22-27,29,31,41H,12,16-17,21,28,30,32H2,1-9H3/b11-10+,22-13+,23-14+,27-15+,34-19+,35-20+,36-24+,37-25+,38-26+,39-29+,40-31+. The average Bonchev–Trinajstić information content (AvgIpc) is 2.90. The normalized spacial score (nSPS) is 15.4. The highest BCUT2D eigenvalue weighted by Crippen LogP contribution is 2.12. The Hall–Kier alpha value is -3.16. The molecule has 0 saturated carbocycles. The van der Waals surface area contributed by atoms with Crippen LogP contribution in [0.1, 0.15) is 101 Å². The third-order valence-electron chi connectivity index (χ3n) is 6.43. The second-order valence-corrected chi connectivity index (χ2v) is 11.4. The molecule has 0 rings (SSSR count). The summed E-state index contributed by atoms with van der Waals surface area (Å²) in [6, 6.07) is 0. The van der Waals surface area contributed by atoms with Crippen molar-refractivity contribution in [2.75, 3.05) is 6.61 Å². The van der Waals surface area contributed by atoms with Gasteiger partial charge >= 0.3 is 0 Å². The minimum absolute atomic E-state index is 0.159. The molecule has 0 amide bonds. The molecular formula is C40H58O. The van der Waals surface area contributed by atoms with E-state index < -0.39 is 0 Å². The molecule has 224 valence electrons. The third kappa shape index (κ3) is 25.5. The van der Waals surface area contributed by atoms with E-state index in [9.17, 15) is 0 Å². The molecule has 0 atom stereocenters. The maximum Gasteiger partial charge on any atom is 0.0639 e. The number of hydrogen-bond donors (Lipinski definition) is 1. The number of aliphatic hydroxyl groups excluding tert-OH is 1. The highest BCUT2D eigenvalue weighted by Gasteiger charge is 1.92. The van der Waals surface area contributed by atoms with E-state index in [1.54, 1.807) is 0 Å². The first-order chi connectivity index (χ1) is 19.5. The summed E-state index contributed by atoms with van der Waals surface area (Å²) in [5.41, 5.74) is 10.3. The first-order valence-corrected chi connectivity index (χ1v) is 15.1. The Labute approximate surface area is 253 Å². The molecule has 0 heterocycles. The Morgan fingerprint density at radius 1 is 0.415 bits per heavy atom. The Morgan fingerprint density at radius 2 is 0.780 bits per heavy atom. The van der Waals surface area contributed by atoms with Crippen molar-refractivity contribution in [3.05, 3.63) is 142 Å². The highest BCUT2D eigenvalue weighted by atomic mass is 16.3. The zero-order valence-corrected chi connectivity index (χ0v) is 27.6. The fourth-order valence-electron chi connectivity index (χ4n) is 3.68. The molecule has 41 heavy (non-hydrogen) atoms. The molecule has 0 radical (unpaired) electrons. The molecular weight excluding hydrogens is 496 g/mol. The minimum atomic E-state index is 0.159. The summed E-state index contributed by atoms with van der Waals surface area (Å²) >= 11 is 0. The van der Waals surface area contributed by atoms with E-state index in [0.717, 1.165) is 44.1 Å². The summed E-state index contributed by atoms with van der Waals surface area (Å²) in [7, 11) is 0. The lowest BCUT2D eigenvalue weighted by molar-refractivity contribution is 0.331. The van der Waals surface area contributed by atoms with E-state index in [0.29, 0.717) is 0 Å². The van der Waals surface area contributed by atoms with Crippen molar-refractivity contribution in [3.8, 4) is 0 Å². The Morgan fingerprint density at radius 3 is 1.22 bits per heavy atom. The van der Waals surface area contributed by atoms with Crippen molar-refractivity contribution < 1.29 is 5.11 Å². The van der Waals surface area contributed by atoms with E-state index in [-0.39, 0.29) is 6.61 Å². The fraction of sp³-hybridized carbons (Fsp3) is 0.400. The largest absolute Gasteiger partial charge is 0.392 e. The van der Waals surface area contributed by atoms with Gasteiger partial charge in [0.15, 0.2) is 0 Å². The van der Waals surface area contributed by atoms with Crippen LogP contribution in [-0.4, -0.2) is 11.7 Å². The van der Waals surface area contributed by atoms with Crippen molar-refractivity contribution in [1.29, 1.82) is 0 Å². The lowest BCUT2D eigenvalue weighted by Crippen LogP contribution is -1.84. The van der Waals surface area contributed by atoms with E-state index >= 15 is 0 Å². The SMILES string of the molecule is CC(C)=CCC/C(C)=C/C=C/C(C)=C/C=C/C(C)=C/C=C/C=C(C)/C=C/C=C(\C)CC/C=C(\C)CC/C=C(\C)CO. The van der Waals surface area contributed by atoms with Crippen molar-refractivity contribution in [2.24, 2.45) is 0 Å². The molecule has 0 aliphatic heterocycles. The van der Waals surface area contributed by atoms with Gasteiger partial charge in [-0.2, -0.15) is 0 Å². The van der Waals surface area contributed by atoms with Gasteiger partial charge < -0.3 is 5.11 Å². The van der Waals surface area contributed by atoms with Crippen molar-refractivity contribution >= 4 is 0 Å². The molecule has 0 aromatic heterocycles. The van der Waals surface area contributed by atoms with E-state index in [2.05, 4.69) is 153 Å². The average molecular weight is 555 g/mol. The molecule has 0 spiro atoms. The van der Waals surface area contributed by atoms with Crippen LogP contribution in [0.25, 0.3) is 0 Å². The maximum absolute atomic E-state index is 9.06. The Kier molecular flexibility index (Phi) is 22.7. The van der Waals surface area contributed by atoms with Crippen LogP contribution in [0.15, 0.2) is 142 Å². The summed E-state index contributed by atoms with van der Waals surface area (Å²) in [5, 5.41) is 9.06. The number of aliphatic hydroxyl groups is 1. The Bertz CT molecular complexity index is 1120. The maximum atomic E-state index is 9.06. The zero-order valence-electron chi connectivity index (χ0n) is 27.6. The van der Waals surface area contributed by atoms with Crippen molar-refractivity contribution in [1.82, 2.24) is 0 Å². The van der Waals surface area contributed by atoms with Crippen LogP contribution in [0.5, 0.6) is 0 Å². The van der Waals surface area contributed by atoms with Crippen molar-refractivity contribution in [2.45, 2.75) is 101 Å². The molecule has 0 aliphatic carbocycles. The van der Waals surface area contributed by atoms with Gasteiger partial charge in [-0.1, -0.05) is 142 Å².